The van der Waals surface area contributed by atoms with E-state index in [2.05, 4.69) is 12.2 Å². The lowest BCUT2D eigenvalue weighted by atomic mass is 10.0. The van der Waals surface area contributed by atoms with Gasteiger partial charge in [-0.25, -0.2) is 4.79 Å². The molecular formula is C10H18N2OS. The van der Waals surface area contributed by atoms with E-state index in [9.17, 15) is 4.79 Å². The summed E-state index contributed by atoms with van der Waals surface area (Å²) in [5.74, 6) is 1.26. The molecule has 2 rings (SSSR count). The van der Waals surface area contributed by atoms with Gasteiger partial charge in [-0.1, -0.05) is 0 Å². The van der Waals surface area contributed by atoms with Crippen LogP contribution in [0.5, 0.6) is 0 Å². The third-order valence-electron chi connectivity index (χ3n) is 2.99. The molecule has 0 aromatic carbocycles. The third kappa shape index (κ3) is 2.16. The smallest absolute Gasteiger partial charge is 0.317 e. The number of nitrogens with zero attached hydrogens (tertiary/aromatic N) is 1. The first-order valence-electron chi connectivity index (χ1n) is 5.36. The van der Waals surface area contributed by atoms with Gasteiger partial charge in [-0.2, -0.15) is 11.8 Å². The highest BCUT2D eigenvalue weighted by Crippen LogP contribution is 2.38. The molecule has 0 saturated carbocycles. The van der Waals surface area contributed by atoms with Crippen molar-refractivity contribution in [2.45, 2.75) is 30.9 Å². The highest BCUT2D eigenvalue weighted by Gasteiger charge is 2.33. The lowest BCUT2D eigenvalue weighted by Crippen LogP contribution is -2.50. The van der Waals surface area contributed by atoms with Crippen molar-refractivity contribution in [3.63, 3.8) is 0 Å². The van der Waals surface area contributed by atoms with E-state index in [1.165, 1.54) is 18.6 Å². The molecule has 1 N–H and O–H groups in total. The predicted molar refractivity (Wildman–Crippen MR) is 59.7 cm³/mol. The summed E-state index contributed by atoms with van der Waals surface area (Å²) in [7, 11) is 0. The van der Waals surface area contributed by atoms with Gasteiger partial charge in [-0.05, 0) is 31.9 Å². The number of hydrogen-bond acceptors (Lipinski definition) is 2. The van der Waals surface area contributed by atoms with Crippen molar-refractivity contribution in [2.75, 3.05) is 25.4 Å². The van der Waals surface area contributed by atoms with Crippen LogP contribution in [0.2, 0.25) is 0 Å². The zero-order valence-electron chi connectivity index (χ0n) is 8.71. The quantitative estimate of drug-likeness (QED) is 0.758. The van der Waals surface area contributed by atoms with Gasteiger partial charge in [0.2, 0.25) is 0 Å². The van der Waals surface area contributed by atoms with Gasteiger partial charge in [0.05, 0.1) is 0 Å². The van der Waals surface area contributed by atoms with Crippen molar-refractivity contribution < 1.29 is 4.79 Å². The molecule has 80 valence electrons. The molecule has 2 heterocycles. The number of carbonyl (C=O) groups is 1. The van der Waals surface area contributed by atoms with Crippen LogP contribution in [-0.2, 0) is 0 Å². The number of thioether (sulfide) groups is 1. The Kier molecular flexibility index (Phi) is 2.91. The van der Waals surface area contributed by atoms with Crippen molar-refractivity contribution in [3.05, 3.63) is 0 Å². The average Bonchev–Trinajstić information content (AvgIpc) is 2.57. The molecule has 0 aliphatic carbocycles. The van der Waals surface area contributed by atoms with Gasteiger partial charge in [0.15, 0.2) is 0 Å². The van der Waals surface area contributed by atoms with Gasteiger partial charge in [-0.3, -0.25) is 0 Å². The van der Waals surface area contributed by atoms with Crippen LogP contribution in [0, 0.1) is 0 Å². The van der Waals surface area contributed by atoms with Crippen LogP contribution in [0.3, 0.4) is 0 Å². The van der Waals surface area contributed by atoms with Crippen molar-refractivity contribution >= 4 is 17.8 Å². The molecule has 0 radical (unpaired) electrons. The Labute approximate surface area is 89.6 Å². The van der Waals surface area contributed by atoms with Gasteiger partial charge in [0, 0.05) is 24.4 Å². The molecule has 0 spiro atoms. The molecular weight excluding hydrogens is 196 g/mol. The molecule has 0 aromatic rings. The summed E-state index contributed by atoms with van der Waals surface area (Å²) in [6.45, 7) is 4.98. The molecule has 0 bridgehead atoms. The molecule has 2 aliphatic heterocycles. The van der Waals surface area contributed by atoms with E-state index < -0.39 is 0 Å². The standard InChI is InChI=1S/C10H18N2OS/c1-10(4-2-7-14-10)8-12-6-3-5-11-9(12)13/h2-8H2,1H3,(H,11,13). The lowest BCUT2D eigenvalue weighted by molar-refractivity contribution is 0.180. The van der Waals surface area contributed by atoms with Crippen molar-refractivity contribution in [3.8, 4) is 0 Å². The van der Waals surface area contributed by atoms with Crippen molar-refractivity contribution in [1.29, 1.82) is 0 Å². The monoisotopic (exact) mass is 214 g/mol. The van der Waals surface area contributed by atoms with E-state index in [0.29, 0.717) is 4.75 Å². The number of rotatable bonds is 2. The fraction of sp³-hybridized carbons (Fsp3) is 0.900. The second-order valence-electron chi connectivity index (χ2n) is 4.41. The number of amides is 2. The Hall–Kier alpha value is -0.380. The van der Waals surface area contributed by atoms with Gasteiger partial charge in [0.25, 0.3) is 0 Å². The zero-order chi connectivity index (χ0) is 10.0. The van der Waals surface area contributed by atoms with E-state index in [1.807, 2.05) is 16.7 Å². The minimum absolute atomic E-state index is 0.130. The number of hydrogen-bond donors (Lipinski definition) is 1. The molecule has 2 aliphatic rings. The average molecular weight is 214 g/mol. The zero-order valence-corrected chi connectivity index (χ0v) is 9.53. The van der Waals surface area contributed by atoms with Gasteiger partial charge >= 0.3 is 6.03 Å². The SMILES string of the molecule is CC1(CN2CCCNC2=O)CCCS1. The maximum atomic E-state index is 11.5. The van der Waals surface area contributed by atoms with E-state index >= 15 is 0 Å². The summed E-state index contributed by atoms with van der Waals surface area (Å²) in [4.78, 5) is 13.5. The second-order valence-corrected chi connectivity index (χ2v) is 6.09. The highest BCUT2D eigenvalue weighted by atomic mass is 32.2. The molecule has 2 fully saturated rings. The van der Waals surface area contributed by atoms with Gasteiger partial charge in [-0.15, -0.1) is 0 Å². The first-order chi connectivity index (χ1) is 6.70. The number of urea groups is 1. The van der Waals surface area contributed by atoms with Crippen LogP contribution in [0.1, 0.15) is 26.2 Å². The molecule has 4 heteroatoms. The Morgan fingerprint density at radius 1 is 1.57 bits per heavy atom. The minimum Gasteiger partial charge on any atom is -0.338 e. The largest absolute Gasteiger partial charge is 0.338 e. The second kappa shape index (κ2) is 4.01. The van der Waals surface area contributed by atoms with Crippen molar-refractivity contribution in [2.24, 2.45) is 0 Å². The Balaban J connectivity index is 1.91. The first-order valence-corrected chi connectivity index (χ1v) is 6.35. The Morgan fingerprint density at radius 3 is 3.07 bits per heavy atom. The summed E-state index contributed by atoms with van der Waals surface area (Å²) in [5, 5.41) is 2.90. The molecule has 14 heavy (non-hydrogen) atoms. The Morgan fingerprint density at radius 2 is 2.43 bits per heavy atom. The summed E-state index contributed by atoms with van der Waals surface area (Å²) in [6.07, 6.45) is 3.64. The van der Waals surface area contributed by atoms with Crippen LogP contribution in [0.15, 0.2) is 0 Å². The van der Waals surface area contributed by atoms with Gasteiger partial charge in [0.1, 0.15) is 0 Å². The fourth-order valence-corrected chi connectivity index (χ4v) is 3.51. The van der Waals surface area contributed by atoms with Crippen LogP contribution in [0.4, 0.5) is 4.79 Å². The van der Waals surface area contributed by atoms with Crippen LogP contribution >= 0.6 is 11.8 Å². The molecule has 2 amide bonds. The molecule has 1 unspecified atom stereocenters. The van der Waals surface area contributed by atoms with E-state index in [-0.39, 0.29) is 6.03 Å². The lowest BCUT2D eigenvalue weighted by Gasteiger charge is -2.34. The van der Waals surface area contributed by atoms with E-state index in [4.69, 9.17) is 0 Å². The summed E-state index contributed by atoms with van der Waals surface area (Å²) < 4.78 is 0.314. The Bertz CT molecular complexity index is 226. The molecule has 0 aromatic heterocycles. The summed E-state index contributed by atoms with van der Waals surface area (Å²) >= 11 is 2.02. The summed E-state index contributed by atoms with van der Waals surface area (Å²) in [5.41, 5.74) is 0. The molecule has 2 saturated heterocycles. The molecule has 3 nitrogen and oxygen atoms in total. The molecule has 1 atom stereocenters. The maximum absolute atomic E-state index is 11.5. The third-order valence-corrected chi connectivity index (χ3v) is 4.52. The van der Waals surface area contributed by atoms with E-state index in [1.54, 1.807) is 0 Å². The minimum atomic E-state index is 0.130. The highest BCUT2D eigenvalue weighted by molar-refractivity contribution is 8.00. The van der Waals surface area contributed by atoms with Crippen LogP contribution in [0.25, 0.3) is 0 Å². The first kappa shape index (κ1) is 10.1. The van der Waals surface area contributed by atoms with Crippen molar-refractivity contribution in [1.82, 2.24) is 10.2 Å². The predicted octanol–water partition coefficient (Wildman–Crippen LogP) is 1.69. The van der Waals surface area contributed by atoms with Crippen LogP contribution < -0.4 is 5.32 Å². The van der Waals surface area contributed by atoms with Gasteiger partial charge < -0.3 is 10.2 Å². The summed E-state index contributed by atoms with van der Waals surface area (Å²) in [6, 6.07) is 0.130. The van der Waals surface area contributed by atoms with Crippen LogP contribution in [-0.4, -0.2) is 41.1 Å². The maximum Gasteiger partial charge on any atom is 0.317 e. The fourth-order valence-electron chi connectivity index (χ4n) is 2.19. The number of carbonyl (C=O) groups excluding carboxylic acids is 1. The number of nitrogens with one attached hydrogen (secondary N) is 1. The van der Waals surface area contributed by atoms with E-state index in [0.717, 1.165) is 26.1 Å². The normalized spacial score (nSPS) is 33.2. The topological polar surface area (TPSA) is 32.3 Å².